The average molecular weight is 372 g/mol. The lowest BCUT2D eigenvalue weighted by Gasteiger charge is -2.21. The molecule has 1 aromatic carbocycles. The number of hydrogen-bond donors (Lipinski definition) is 1. The molecule has 1 aromatic rings. The van der Waals surface area contributed by atoms with E-state index in [-0.39, 0.29) is 16.5 Å². The van der Waals surface area contributed by atoms with Crippen molar-refractivity contribution >= 4 is 21.9 Å². The fourth-order valence-corrected chi connectivity index (χ4v) is 3.20. The van der Waals surface area contributed by atoms with Crippen molar-refractivity contribution in [3.05, 3.63) is 29.8 Å². The summed E-state index contributed by atoms with van der Waals surface area (Å²) in [4.78, 5) is 23.5. The Labute approximate surface area is 148 Å². The summed E-state index contributed by atoms with van der Waals surface area (Å²) in [6.07, 6.45) is 0. The molecule has 0 radical (unpaired) electrons. The fraction of sp³-hybridized carbons (Fsp3) is 0.500. The van der Waals surface area contributed by atoms with E-state index >= 15 is 0 Å². The van der Waals surface area contributed by atoms with Gasteiger partial charge in [-0.1, -0.05) is 6.07 Å². The second-order valence-corrected chi connectivity index (χ2v) is 7.56. The molecule has 0 fully saturated rings. The highest BCUT2D eigenvalue weighted by Crippen LogP contribution is 2.18. The normalized spacial score (nSPS) is 11.6. The van der Waals surface area contributed by atoms with Gasteiger partial charge in [0.1, 0.15) is 0 Å². The number of amides is 1. The SMILES string of the molecule is COCCNC(=O)COC(=O)c1cccc(S(=O)(=O)N(C)C(C)C)c1. The van der Waals surface area contributed by atoms with Crippen molar-refractivity contribution in [3.8, 4) is 0 Å². The first-order valence-electron chi connectivity index (χ1n) is 7.71. The maximum atomic E-state index is 12.5. The summed E-state index contributed by atoms with van der Waals surface area (Å²) < 4.78 is 35.8. The maximum Gasteiger partial charge on any atom is 0.338 e. The summed E-state index contributed by atoms with van der Waals surface area (Å²) in [6.45, 7) is 3.70. The molecule has 0 aliphatic rings. The minimum absolute atomic E-state index is 0.0114. The molecule has 0 unspecified atom stereocenters. The molecule has 1 amide bonds. The molecule has 9 heteroatoms. The van der Waals surface area contributed by atoms with Gasteiger partial charge in [0.05, 0.1) is 17.1 Å². The van der Waals surface area contributed by atoms with E-state index < -0.39 is 28.5 Å². The van der Waals surface area contributed by atoms with E-state index in [9.17, 15) is 18.0 Å². The van der Waals surface area contributed by atoms with E-state index in [0.717, 1.165) is 0 Å². The summed E-state index contributed by atoms with van der Waals surface area (Å²) in [5.74, 6) is -1.24. The largest absolute Gasteiger partial charge is 0.452 e. The molecule has 0 spiro atoms. The van der Waals surface area contributed by atoms with Gasteiger partial charge in [-0.15, -0.1) is 0 Å². The number of hydrogen-bond acceptors (Lipinski definition) is 6. The topological polar surface area (TPSA) is 102 Å². The van der Waals surface area contributed by atoms with Crippen LogP contribution >= 0.6 is 0 Å². The van der Waals surface area contributed by atoms with Crippen LogP contribution in [-0.4, -0.2) is 64.6 Å². The molecule has 0 aliphatic heterocycles. The summed E-state index contributed by atoms with van der Waals surface area (Å²) in [5.41, 5.74) is 0.0583. The van der Waals surface area contributed by atoms with Gasteiger partial charge in [-0.05, 0) is 32.0 Å². The first kappa shape index (κ1) is 21.1. The van der Waals surface area contributed by atoms with Gasteiger partial charge < -0.3 is 14.8 Å². The quantitative estimate of drug-likeness (QED) is 0.504. The van der Waals surface area contributed by atoms with Gasteiger partial charge in [0.15, 0.2) is 6.61 Å². The van der Waals surface area contributed by atoms with Crippen molar-refractivity contribution in [1.29, 1.82) is 0 Å². The predicted octanol–water partition coefficient (Wildman–Crippen LogP) is 0.635. The summed E-state index contributed by atoms with van der Waals surface area (Å²) in [5, 5.41) is 2.51. The Bertz CT molecular complexity index is 702. The van der Waals surface area contributed by atoms with Crippen molar-refractivity contribution in [3.63, 3.8) is 0 Å². The van der Waals surface area contributed by atoms with Gasteiger partial charge in [-0.3, -0.25) is 4.79 Å². The van der Waals surface area contributed by atoms with Crippen LogP contribution in [0.25, 0.3) is 0 Å². The molecular weight excluding hydrogens is 348 g/mol. The van der Waals surface area contributed by atoms with Gasteiger partial charge in [0.2, 0.25) is 10.0 Å². The molecule has 0 bridgehead atoms. The second-order valence-electron chi connectivity index (χ2n) is 5.56. The molecule has 0 atom stereocenters. The van der Waals surface area contributed by atoms with Crippen LogP contribution in [0.2, 0.25) is 0 Å². The Morgan fingerprint density at radius 2 is 1.96 bits per heavy atom. The Morgan fingerprint density at radius 1 is 1.28 bits per heavy atom. The van der Waals surface area contributed by atoms with Crippen LogP contribution < -0.4 is 5.32 Å². The number of esters is 1. The van der Waals surface area contributed by atoms with Crippen molar-refractivity contribution < 1.29 is 27.5 Å². The molecule has 0 aliphatic carbocycles. The molecule has 0 aromatic heterocycles. The van der Waals surface area contributed by atoms with Crippen LogP contribution in [0.1, 0.15) is 24.2 Å². The van der Waals surface area contributed by atoms with E-state index in [1.54, 1.807) is 13.8 Å². The highest BCUT2D eigenvalue weighted by molar-refractivity contribution is 7.89. The lowest BCUT2D eigenvalue weighted by molar-refractivity contribution is -0.124. The molecule has 0 saturated carbocycles. The minimum atomic E-state index is -3.71. The first-order chi connectivity index (χ1) is 11.7. The number of nitrogens with zero attached hydrogens (tertiary/aromatic N) is 1. The number of benzene rings is 1. The Balaban J connectivity index is 2.77. The van der Waals surface area contributed by atoms with Crippen molar-refractivity contribution in [2.45, 2.75) is 24.8 Å². The molecule has 1 N–H and O–H groups in total. The van der Waals surface area contributed by atoms with E-state index in [0.29, 0.717) is 13.2 Å². The van der Waals surface area contributed by atoms with E-state index in [1.165, 1.54) is 42.7 Å². The summed E-state index contributed by atoms with van der Waals surface area (Å²) in [6, 6.07) is 5.30. The maximum absolute atomic E-state index is 12.5. The molecule has 25 heavy (non-hydrogen) atoms. The van der Waals surface area contributed by atoms with Crippen molar-refractivity contribution in [1.82, 2.24) is 9.62 Å². The number of methoxy groups -OCH3 is 1. The highest BCUT2D eigenvalue weighted by atomic mass is 32.2. The van der Waals surface area contributed by atoms with Gasteiger partial charge in [-0.2, -0.15) is 4.31 Å². The number of rotatable bonds is 9. The monoisotopic (exact) mass is 372 g/mol. The standard InChI is InChI=1S/C16H24N2O6S/c1-12(2)18(3)25(21,22)14-7-5-6-13(10-14)16(20)24-11-15(19)17-8-9-23-4/h5-7,10,12H,8-9,11H2,1-4H3,(H,17,19). The van der Waals surface area contributed by atoms with E-state index in [4.69, 9.17) is 9.47 Å². The number of carbonyl (C=O) groups is 2. The fourth-order valence-electron chi connectivity index (χ4n) is 1.79. The minimum Gasteiger partial charge on any atom is -0.452 e. The van der Waals surface area contributed by atoms with Gasteiger partial charge in [0, 0.05) is 26.7 Å². The van der Waals surface area contributed by atoms with Crippen LogP contribution in [-0.2, 0) is 24.3 Å². The third-order valence-corrected chi connectivity index (χ3v) is 5.47. The smallest absolute Gasteiger partial charge is 0.338 e. The van der Waals surface area contributed by atoms with Crippen LogP contribution in [0.5, 0.6) is 0 Å². The Morgan fingerprint density at radius 3 is 2.56 bits per heavy atom. The van der Waals surface area contributed by atoms with E-state index in [2.05, 4.69) is 5.32 Å². The average Bonchev–Trinajstić information content (AvgIpc) is 2.59. The number of sulfonamides is 1. The molecule has 0 saturated heterocycles. The van der Waals surface area contributed by atoms with Gasteiger partial charge in [-0.25, -0.2) is 13.2 Å². The Kier molecular flexibility index (Phi) is 8.01. The van der Waals surface area contributed by atoms with Gasteiger partial charge in [0.25, 0.3) is 5.91 Å². The van der Waals surface area contributed by atoms with Crippen molar-refractivity contribution in [2.75, 3.05) is 33.9 Å². The second kappa shape index (κ2) is 9.50. The third-order valence-electron chi connectivity index (χ3n) is 3.44. The highest BCUT2D eigenvalue weighted by Gasteiger charge is 2.24. The Hall–Kier alpha value is -1.97. The van der Waals surface area contributed by atoms with Crippen LogP contribution in [0.15, 0.2) is 29.2 Å². The number of ether oxygens (including phenoxy) is 2. The van der Waals surface area contributed by atoms with Crippen LogP contribution in [0, 0.1) is 0 Å². The molecule has 8 nitrogen and oxygen atoms in total. The van der Waals surface area contributed by atoms with Gasteiger partial charge >= 0.3 is 5.97 Å². The predicted molar refractivity (Wildman–Crippen MR) is 91.7 cm³/mol. The van der Waals surface area contributed by atoms with Crippen LogP contribution in [0.4, 0.5) is 0 Å². The number of nitrogens with one attached hydrogen (secondary N) is 1. The number of carbonyl (C=O) groups excluding carboxylic acids is 2. The molecule has 1 rings (SSSR count). The zero-order valence-electron chi connectivity index (χ0n) is 14.8. The lowest BCUT2D eigenvalue weighted by Crippen LogP contribution is -2.33. The first-order valence-corrected chi connectivity index (χ1v) is 9.15. The third kappa shape index (κ3) is 6.11. The summed E-state index contributed by atoms with van der Waals surface area (Å²) in [7, 11) is -0.737. The zero-order valence-corrected chi connectivity index (χ0v) is 15.6. The molecule has 0 heterocycles. The van der Waals surface area contributed by atoms with Crippen molar-refractivity contribution in [2.24, 2.45) is 0 Å². The van der Waals surface area contributed by atoms with E-state index in [1.807, 2.05) is 0 Å². The van der Waals surface area contributed by atoms with Crippen LogP contribution in [0.3, 0.4) is 0 Å². The molecule has 140 valence electrons. The molecular formula is C16H24N2O6S. The summed E-state index contributed by atoms with van der Waals surface area (Å²) >= 11 is 0. The zero-order chi connectivity index (χ0) is 19.0. The lowest BCUT2D eigenvalue weighted by atomic mass is 10.2.